The van der Waals surface area contributed by atoms with Gasteiger partial charge in [0.15, 0.2) is 0 Å². The Kier molecular flexibility index (Phi) is 3.47. The molecule has 0 bridgehead atoms. The van der Waals surface area contributed by atoms with Gasteiger partial charge in [0.2, 0.25) is 0 Å². The second kappa shape index (κ2) is 5.58. The van der Waals surface area contributed by atoms with Crippen molar-refractivity contribution >= 4 is 0 Å². The van der Waals surface area contributed by atoms with Crippen LogP contribution in [0, 0.1) is 0 Å². The monoisotopic (exact) mass is 279 g/mol. The maximum Gasteiger partial charge on any atom is 0.345 e. The number of nitrogens with zero attached hydrogens (tertiary/aromatic N) is 2. The normalized spacial score (nSPS) is 10.7. The Hall–Kier alpha value is -2.95. The summed E-state index contributed by atoms with van der Waals surface area (Å²) < 4.78 is 1.18. The van der Waals surface area contributed by atoms with E-state index in [0.29, 0.717) is 0 Å². The topological polar surface area (TPSA) is 67.8 Å². The molecule has 0 amide bonds. The van der Waals surface area contributed by atoms with Crippen molar-refractivity contribution in [2.75, 3.05) is 0 Å². The summed E-state index contributed by atoms with van der Waals surface area (Å²) in [4.78, 5) is 24.2. The van der Waals surface area contributed by atoms with E-state index in [2.05, 4.69) is 10.2 Å². The number of benzene rings is 2. The van der Waals surface area contributed by atoms with E-state index in [1.54, 1.807) is 0 Å². The lowest BCUT2D eigenvalue weighted by Gasteiger charge is -2.19. The van der Waals surface area contributed by atoms with E-state index in [1.807, 2.05) is 60.7 Å². The fourth-order valence-electron chi connectivity index (χ4n) is 2.36. The van der Waals surface area contributed by atoms with Crippen LogP contribution in [0.25, 0.3) is 0 Å². The maximum absolute atomic E-state index is 12.1. The number of rotatable bonds is 3. The predicted molar refractivity (Wildman–Crippen MR) is 79.2 cm³/mol. The van der Waals surface area contributed by atoms with E-state index in [4.69, 9.17) is 0 Å². The SMILES string of the molecule is O=c1cn[nH]c(=O)n1C(c1ccccc1)c1ccccc1. The lowest BCUT2D eigenvalue weighted by Crippen LogP contribution is -2.39. The smallest absolute Gasteiger partial charge is 0.267 e. The van der Waals surface area contributed by atoms with Crippen molar-refractivity contribution in [2.24, 2.45) is 0 Å². The molecule has 3 aromatic rings. The van der Waals surface area contributed by atoms with Gasteiger partial charge in [0.1, 0.15) is 6.20 Å². The van der Waals surface area contributed by atoms with Crippen LogP contribution in [0.15, 0.2) is 76.4 Å². The summed E-state index contributed by atoms with van der Waals surface area (Å²) in [5, 5.41) is 5.86. The molecule has 5 nitrogen and oxygen atoms in total. The minimum Gasteiger partial charge on any atom is -0.267 e. The molecule has 0 radical (unpaired) electrons. The molecule has 3 rings (SSSR count). The van der Waals surface area contributed by atoms with Crippen molar-refractivity contribution in [3.63, 3.8) is 0 Å². The van der Waals surface area contributed by atoms with Crippen LogP contribution in [0.2, 0.25) is 0 Å². The largest absolute Gasteiger partial charge is 0.345 e. The third kappa shape index (κ3) is 2.53. The fraction of sp³-hybridized carbons (Fsp3) is 0.0625. The highest BCUT2D eigenvalue weighted by Crippen LogP contribution is 2.23. The van der Waals surface area contributed by atoms with Crippen molar-refractivity contribution in [1.29, 1.82) is 0 Å². The molecule has 0 saturated heterocycles. The Morgan fingerprint density at radius 1 is 0.857 bits per heavy atom. The molecule has 0 saturated carbocycles. The van der Waals surface area contributed by atoms with Gasteiger partial charge < -0.3 is 0 Å². The number of aromatic amines is 1. The first-order chi connectivity index (χ1) is 10.3. The van der Waals surface area contributed by atoms with Gasteiger partial charge in [-0.1, -0.05) is 60.7 Å². The van der Waals surface area contributed by atoms with E-state index in [1.165, 1.54) is 4.57 Å². The molecule has 0 aliphatic rings. The summed E-state index contributed by atoms with van der Waals surface area (Å²) in [6.45, 7) is 0. The molecule has 0 aliphatic heterocycles. The van der Waals surface area contributed by atoms with Crippen LogP contribution >= 0.6 is 0 Å². The van der Waals surface area contributed by atoms with Gasteiger partial charge in [-0.15, -0.1) is 0 Å². The minimum atomic E-state index is -0.528. The van der Waals surface area contributed by atoms with E-state index in [9.17, 15) is 9.59 Å². The van der Waals surface area contributed by atoms with Gasteiger partial charge in [-0.3, -0.25) is 4.79 Å². The van der Waals surface area contributed by atoms with Crippen molar-refractivity contribution in [3.8, 4) is 0 Å². The highest BCUT2D eigenvalue weighted by atomic mass is 16.2. The van der Waals surface area contributed by atoms with Gasteiger partial charge in [0.25, 0.3) is 5.56 Å². The third-order valence-electron chi connectivity index (χ3n) is 3.28. The molecule has 1 N–H and O–H groups in total. The molecule has 1 heterocycles. The van der Waals surface area contributed by atoms with Crippen LogP contribution in [0.4, 0.5) is 0 Å². The first-order valence-corrected chi connectivity index (χ1v) is 6.53. The molecule has 21 heavy (non-hydrogen) atoms. The quantitative estimate of drug-likeness (QED) is 0.791. The summed E-state index contributed by atoms with van der Waals surface area (Å²) in [6.07, 6.45) is 1.11. The summed E-state index contributed by atoms with van der Waals surface area (Å²) in [5.41, 5.74) is 0.765. The van der Waals surface area contributed by atoms with E-state index >= 15 is 0 Å². The molecule has 1 aromatic heterocycles. The second-order valence-corrected chi connectivity index (χ2v) is 4.61. The van der Waals surface area contributed by atoms with Crippen LogP contribution in [-0.4, -0.2) is 14.8 Å². The molecule has 104 valence electrons. The number of hydrogen-bond acceptors (Lipinski definition) is 3. The zero-order valence-corrected chi connectivity index (χ0v) is 11.1. The van der Waals surface area contributed by atoms with Crippen LogP contribution in [0.5, 0.6) is 0 Å². The zero-order chi connectivity index (χ0) is 14.7. The van der Waals surface area contributed by atoms with Crippen molar-refractivity contribution in [2.45, 2.75) is 6.04 Å². The van der Waals surface area contributed by atoms with Gasteiger partial charge in [-0.2, -0.15) is 5.10 Å². The van der Waals surface area contributed by atoms with Gasteiger partial charge >= 0.3 is 5.69 Å². The average Bonchev–Trinajstić information content (AvgIpc) is 2.53. The van der Waals surface area contributed by atoms with Crippen molar-refractivity contribution in [3.05, 3.63) is 98.8 Å². The Morgan fingerprint density at radius 3 is 1.86 bits per heavy atom. The lowest BCUT2D eigenvalue weighted by molar-refractivity contribution is 0.590. The Bertz CT molecular complexity index is 771. The molecule has 0 unspecified atom stereocenters. The average molecular weight is 279 g/mol. The third-order valence-corrected chi connectivity index (χ3v) is 3.28. The van der Waals surface area contributed by atoms with Gasteiger partial charge in [0, 0.05) is 0 Å². The summed E-state index contributed by atoms with van der Waals surface area (Å²) in [6, 6.07) is 18.4. The zero-order valence-electron chi connectivity index (χ0n) is 11.1. The molecular weight excluding hydrogens is 266 g/mol. The van der Waals surface area contributed by atoms with Crippen molar-refractivity contribution in [1.82, 2.24) is 14.8 Å². The summed E-state index contributed by atoms with van der Waals surface area (Å²) in [7, 11) is 0. The van der Waals surface area contributed by atoms with Crippen LogP contribution in [0.1, 0.15) is 17.2 Å². The first-order valence-electron chi connectivity index (χ1n) is 6.53. The van der Waals surface area contributed by atoms with E-state index in [-0.39, 0.29) is 0 Å². The molecule has 0 atom stereocenters. The highest BCUT2D eigenvalue weighted by molar-refractivity contribution is 5.32. The Balaban J connectivity index is 2.28. The number of aromatic nitrogens is 3. The molecule has 2 aromatic carbocycles. The number of hydrogen-bond donors (Lipinski definition) is 1. The van der Waals surface area contributed by atoms with Crippen LogP contribution in [0.3, 0.4) is 0 Å². The Labute approximate surface area is 120 Å². The molecule has 0 aliphatic carbocycles. The van der Waals surface area contributed by atoms with E-state index in [0.717, 1.165) is 17.3 Å². The minimum absolute atomic E-state index is 0.434. The van der Waals surface area contributed by atoms with Gasteiger partial charge in [0.05, 0.1) is 6.04 Å². The fourth-order valence-corrected chi connectivity index (χ4v) is 2.36. The first kappa shape index (κ1) is 13.1. The summed E-state index contributed by atoms with van der Waals surface area (Å²) >= 11 is 0. The molecule has 5 heteroatoms. The molecule has 0 spiro atoms. The standard InChI is InChI=1S/C16H13N3O2/c20-14-11-17-18-16(21)19(14)15(12-7-3-1-4-8-12)13-9-5-2-6-10-13/h1-11,15H,(H,18,21). The van der Waals surface area contributed by atoms with Crippen molar-refractivity contribution < 1.29 is 0 Å². The summed E-state index contributed by atoms with van der Waals surface area (Å²) in [5.74, 6) is 0. The lowest BCUT2D eigenvalue weighted by atomic mass is 9.98. The number of H-pyrrole nitrogens is 1. The second-order valence-electron chi connectivity index (χ2n) is 4.61. The molecular formula is C16H13N3O2. The van der Waals surface area contributed by atoms with Crippen LogP contribution < -0.4 is 11.2 Å². The van der Waals surface area contributed by atoms with Gasteiger partial charge in [-0.05, 0) is 11.1 Å². The maximum atomic E-state index is 12.1. The predicted octanol–water partition coefficient (Wildman–Crippen LogP) is 1.57. The number of nitrogens with one attached hydrogen (secondary N) is 1. The highest BCUT2D eigenvalue weighted by Gasteiger charge is 2.19. The van der Waals surface area contributed by atoms with E-state index < -0.39 is 17.3 Å². The van der Waals surface area contributed by atoms with Gasteiger partial charge in [-0.25, -0.2) is 14.5 Å². The van der Waals surface area contributed by atoms with Crippen LogP contribution in [-0.2, 0) is 0 Å². The Morgan fingerprint density at radius 2 is 1.38 bits per heavy atom. The molecule has 0 fully saturated rings.